The molecule has 2 nitrogen and oxygen atoms in total. The van der Waals surface area contributed by atoms with Crippen molar-refractivity contribution in [3.05, 3.63) is 211 Å². The second-order valence-electron chi connectivity index (χ2n) is 13.5. The van der Waals surface area contributed by atoms with Crippen LogP contribution in [-0.4, -0.2) is 13.6 Å². The average molecular weight is 928 g/mol. The molecule has 2 aliphatic carbocycles. The summed E-state index contributed by atoms with van der Waals surface area (Å²) in [5.74, 6) is 3.31. The van der Waals surface area contributed by atoms with E-state index in [9.17, 15) is 0 Å². The van der Waals surface area contributed by atoms with Crippen LogP contribution in [0.2, 0.25) is 0 Å². The zero-order valence-corrected chi connectivity index (χ0v) is 38.6. The van der Waals surface area contributed by atoms with Crippen LogP contribution in [0.25, 0.3) is 0 Å². The second-order valence-corrected chi connectivity index (χ2v) is 13.5. The molecule has 6 unspecified atom stereocenters. The second kappa shape index (κ2) is 31.3. The summed E-state index contributed by atoms with van der Waals surface area (Å²) in [6, 6.07) is 55.2. The molecule has 2 fully saturated rings. The number of allylic oxidation sites excluding steroid dienone is 3. The van der Waals surface area contributed by atoms with Crippen LogP contribution in [0.15, 0.2) is 170 Å². The van der Waals surface area contributed by atoms with Gasteiger partial charge in [0.2, 0.25) is 0 Å². The molecule has 0 N–H and O–H groups in total. The van der Waals surface area contributed by atoms with Gasteiger partial charge in [-0.2, -0.15) is 0 Å². The first-order valence-electron chi connectivity index (χ1n) is 20.0. The van der Waals surface area contributed by atoms with Crippen LogP contribution in [-0.2, 0) is 43.7 Å². The molecule has 0 heterocycles. The molecular weight excluding hydrogens is 864 g/mol. The van der Waals surface area contributed by atoms with Gasteiger partial charge in [-0.15, -0.1) is 6.58 Å². The van der Waals surface area contributed by atoms with E-state index in [0.29, 0.717) is 47.3 Å². The van der Waals surface area contributed by atoms with Crippen molar-refractivity contribution < 1.29 is 43.7 Å². The minimum absolute atomic E-state index is 0. The van der Waals surface area contributed by atoms with Gasteiger partial charge in [-0.05, 0) is 100.0 Å². The number of rotatable bonds is 9. The molecular formula is C53H63ClCoO2Ru. The molecule has 5 aromatic rings. The summed E-state index contributed by atoms with van der Waals surface area (Å²) in [6.07, 6.45) is 10.5. The number of benzene rings is 5. The Bertz CT molecular complexity index is 1680. The standard InChI is InChI=1S/C46H46.2C2H6.2CHO.CH3.ClH.Co.Ru/c1-3-5-18-33-31-34(4-2)41(32-33)35-27-29-40(30-28-35)46-44(38-23-14-8-15-24-38)42(36-19-10-6-11-20-36)43(37-21-12-7-13-22-37)45(46)39-25-16-9-17-26-39;4*1-2;;;;/h4-30,33-34,41-46H,2-3,31-32H2,1H3;2*1-2H3;2*1H;1H3;1H;;/q;;;3*-1;;;+4/p-1/b18-5+;;;;;;;;/t33?,34-,41?,42?,43?,44?,45?,46?;;;;;;;;/m1......../s1. The zero-order valence-electron chi connectivity index (χ0n) is 35.1. The van der Waals surface area contributed by atoms with Crippen LogP contribution < -0.4 is 0 Å². The first kappa shape index (κ1) is 54.3. The van der Waals surface area contributed by atoms with E-state index in [1.54, 1.807) is 0 Å². The van der Waals surface area contributed by atoms with Crippen molar-refractivity contribution in [2.24, 2.45) is 11.8 Å². The van der Waals surface area contributed by atoms with Crippen molar-refractivity contribution in [2.45, 2.75) is 89.4 Å². The summed E-state index contributed by atoms with van der Waals surface area (Å²) in [4.78, 5) is 15.5. The topological polar surface area (TPSA) is 34.1 Å². The predicted octanol–water partition coefficient (Wildman–Crippen LogP) is 14.8. The molecule has 5 heteroatoms. The Morgan fingerprint density at radius 1 is 0.534 bits per heavy atom. The van der Waals surface area contributed by atoms with Gasteiger partial charge >= 0.3 is 27.0 Å². The van der Waals surface area contributed by atoms with Gasteiger partial charge in [0.25, 0.3) is 0 Å². The molecule has 2 aliphatic rings. The third-order valence-electron chi connectivity index (χ3n) is 11.0. The van der Waals surface area contributed by atoms with Crippen LogP contribution in [0, 0.1) is 19.3 Å². The molecule has 7 atom stereocenters. The minimum Gasteiger partial charge on any atom is 0 e. The van der Waals surface area contributed by atoms with Crippen molar-refractivity contribution in [1.29, 1.82) is 0 Å². The van der Waals surface area contributed by atoms with Crippen LogP contribution in [0.1, 0.15) is 123 Å². The number of hydrogen-bond acceptors (Lipinski definition) is 2. The van der Waals surface area contributed by atoms with E-state index in [1.807, 2.05) is 45.0 Å². The molecule has 311 valence electrons. The first-order valence-corrected chi connectivity index (χ1v) is 22.2. The van der Waals surface area contributed by atoms with Gasteiger partial charge in [0, 0.05) is 16.8 Å². The largest absolute Gasteiger partial charge is 0 e. The average Bonchev–Trinajstić information content (AvgIpc) is 3.90. The molecule has 0 spiro atoms. The maximum Gasteiger partial charge on any atom is 0 e. The summed E-state index contributed by atoms with van der Waals surface area (Å²) < 4.78 is 0. The number of carbonyl (C=O) groups excluding carboxylic acids is 2. The van der Waals surface area contributed by atoms with Crippen molar-refractivity contribution >= 4 is 23.3 Å². The van der Waals surface area contributed by atoms with Crippen LogP contribution in [0.5, 0.6) is 0 Å². The van der Waals surface area contributed by atoms with Crippen molar-refractivity contribution in [3.8, 4) is 0 Å². The van der Waals surface area contributed by atoms with Crippen molar-refractivity contribution in [2.75, 3.05) is 0 Å². The Morgan fingerprint density at radius 3 is 1.09 bits per heavy atom. The summed E-state index contributed by atoms with van der Waals surface area (Å²) in [5.41, 5.74) is 8.62. The summed E-state index contributed by atoms with van der Waals surface area (Å²) >= 11 is 1.82. The molecule has 0 saturated heterocycles. The zero-order chi connectivity index (χ0) is 41.3. The van der Waals surface area contributed by atoms with Gasteiger partial charge in [0.1, 0.15) is 0 Å². The van der Waals surface area contributed by atoms with E-state index in [1.165, 1.54) is 46.2 Å². The Kier molecular flexibility index (Phi) is 29.3. The number of hydrogen-bond donors (Lipinski definition) is 0. The quantitative estimate of drug-likeness (QED) is 0.0639. The predicted molar refractivity (Wildman–Crippen MR) is 243 cm³/mol. The van der Waals surface area contributed by atoms with E-state index in [2.05, 4.69) is 201 Å². The van der Waals surface area contributed by atoms with Gasteiger partial charge in [0.15, 0.2) is 0 Å². The van der Waals surface area contributed by atoms with Crippen molar-refractivity contribution in [1.82, 2.24) is 0 Å². The maximum atomic E-state index is 7.75. The fourth-order valence-electron chi connectivity index (χ4n) is 9.10. The van der Waals surface area contributed by atoms with Gasteiger partial charge < -0.3 is 17.0 Å². The molecule has 1 radical (unpaired) electrons. The van der Waals surface area contributed by atoms with Crippen LogP contribution in [0.3, 0.4) is 0 Å². The molecule has 2 saturated carbocycles. The van der Waals surface area contributed by atoms with Gasteiger partial charge in [-0.3, -0.25) is 13.6 Å². The fourth-order valence-corrected chi connectivity index (χ4v) is 9.10. The maximum absolute atomic E-state index is 7.75. The Labute approximate surface area is 376 Å². The fraction of sp³-hybridized carbons (Fsp3) is 0.302. The molecule has 5 aromatic carbocycles. The molecule has 7 rings (SSSR count). The first-order chi connectivity index (χ1) is 27.8. The third kappa shape index (κ3) is 13.7. The van der Waals surface area contributed by atoms with Gasteiger partial charge in [0.05, 0.1) is 0 Å². The monoisotopic (exact) mass is 927 g/mol. The Hall–Kier alpha value is -3.66. The van der Waals surface area contributed by atoms with Gasteiger partial charge in [-0.1, -0.05) is 198 Å². The Morgan fingerprint density at radius 2 is 0.810 bits per heavy atom. The van der Waals surface area contributed by atoms with Crippen molar-refractivity contribution in [3.63, 3.8) is 0 Å². The SMILES string of the molecule is C=C[C@@H]1CC(/C=C/CC)CC1c1ccc(C2C(c3ccccc3)C(c3ccccc3)C(c3ccccc3)C2c2ccccc2)cc1.CC.CC.[CH-]=O.[CH-]=O.[CH3-].[Cl][Ru+3].[Co]. The summed E-state index contributed by atoms with van der Waals surface area (Å²) in [5, 5.41) is 0. The normalized spacial score (nSPS) is 22.3. The molecule has 0 amide bonds. The molecule has 0 aromatic heterocycles. The van der Waals surface area contributed by atoms with E-state index >= 15 is 0 Å². The third-order valence-corrected chi connectivity index (χ3v) is 11.0. The summed E-state index contributed by atoms with van der Waals surface area (Å²) in [7, 11) is 4.57. The minimum atomic E-state index is 0. The summed E-state index contributed by atoms with van der Waals surface area (Å²) in [6.45, 7) is 21.0. The van der Waals surface area contributed by atoms with E-state index in [4.69, 9.17) is 9.59 Å². The number of halogens is 1. The molecule has 0 bridgehead atoms. The van der Waals surface area contributed by atoms with Crippen LogP contribution >= 0.6 is 9.69 Å². The van der Waals surface area contributed by atoms with E-state index in [-0.39, 0.29) is 24.2 Å². The molecule has 0 aliphatic heterocycles. The molecule has 58 heavy (non-hydrogen) atoms. The smallest absolute Gasteiger partial charge is 0 e. The van der Waals surface area contributed by atoms with Gasteiger partial charge in [-0.25, -0.2) is 0 Å². The Balaban J connectivity index is 0.00000252. The van der Waals surface area contributed by atoms with E-state index in [0.717, 1.165) is 6.42 Å². The van der Waals surface area contributed by atoms with Crippen LogP contribution in [0.4, 0.5) is 0 Å². The van der Waals surface area contributed by atoms with E-state index < -0.39 is 0 Å².